The van der Waals surface area contributed by atoms with Gasteiger partial charge in [0.1, 0.15) is 6.04 Å². The van der Waals surface area contributed by atoms with Crippen LogP contribution in [-0.4, -0.2) is 24.7 Å². The van der Waals surface area contributed by atoms with Gasteiger partial charge in [0, 0.05) is 6.92 Å². The van der Waals surface area contributed by atoms with Gasteiger partial charge in [-0.3, -0.25) is 4.79 Å². The number of esters is 1. The molecule has 5 N–H and O–H groups in total. The lowest BCUT2D eigenvalue weighted by Crippen LogP contribution is -2.65. The van der Waals surface area contributed by atoms with Crippen LogP contribution < -0.4 is 11.5 Å². The molecule has 0 aliphatic carbocycles. The molecule has 72 valence electrons. The van der Waals surface area contributed by atoms with Gasteiger partial charge in [-0.2, -0.15) is 0 Å². The largest absolute Gasteiger partial charge is 0.456 e. The topological polar surface area (TPSA) is 80.0 Å². The molecular weight excluding hydrogens is 156 g/mol. The molecule has 4 nitrogen and oxygen atoms in total. The summed E-state index contributed by atoms with van der Waals surface area (Å²) >= 11 is 0. The Labute approximate surface area is 73.2 Å². The first-order valence-electron chi connectivity index (χ1n) is 4.28. The Bertz CT molecular complexity index is 137. The summed E-state index contributed by atoms with van der Waals surface area (Å²) in [5.41, 5.74) is 9.17. The summed E-state index contributed by atoms with van der Waals surface area (Å²) < 4.78 is 5.06. The van der Waals surface area contributed by atoms with Gasteiger partial charge < -0.3 is 16.2 Å². The monoisotopic (exact) mass is 175 g/mol. The summed E-state index contributed by atoms with van der Waals surface area (Å²) in [6.07, 6.45) is 1.60. The summed E-state index contributed by atoms with van der Waals surface area (Å²) in [4.78, 5) is 10.6. The molecule has 0 bridgehead atoms. The van der Waals surface area contributed by atoms with Gasteiger partial charge in [0.05, 0.1) is 0 Å². The molecule has 0 aromatic heterocycles. The molecule has 0 spiro atoms. The SMILES string of the molecule is CC(=O)OC(CCCN)C(C)[NH3+]. The van der Waals surface area contributed by atoms with Crippen molar-refractivity contribution >= 4 is 5.97 Å². The van der Waals surface area contributed by atoms with Gasteiger partial charge in [-0.15, -0.1) is 0 Å². The molecular formula is C8H19N2O2+. The molecule has 2 unspecified atom stereocenters. The quantitative estimate of drug-likeness (QED) is 0.541. The first kappa shape index (κ1) is 11.4. The first-order chi connectivity index (χ1) is 5.57. The summed E-state index contributed by atoms with van der Waals surface area (Å²) in [5, 5.41) is 0. The third-order valence-corrected chi connectivity index (χ3v) is 1.64. The van der Waals surface area contributed by atoms with Crippen molar-refractivity contribution in [2.24, 2.45) is 5.73 Å². The van der Waals surface area contributed by atoms with Crippen molar-refractivity contribution in [1.29, 1.82) is 0 Å². The highest BCUT2D eigenvalue weighted by Crippen LogP contribution is 2.04. The Morgan fingerprint density at radius 2 is 2.25 bits per heavy atom. The standard InChI is InChI=1S/C8H18N2O2/c1-6(10)8(4-3-5-9)12-7(2)11/h6,8H,3-5,9-10H2,1-2H3/p+1. The Morgan fingerprint density at radius 3 is 2.58 bits per heavy atom. The third-order valence-electron chi connectivity index (χ3n) is 1.64. The van der Waals surface area contributed by atoms with Crippen LogP contribution >= 0.6 is 0 Å². The van der Waals surface area contributed by atoms with Gasteiger partial charge in [-0.05, 0) is 26.3 Å². The maximum atomic E-state index is 10.6. The summed E-state index contributed by atoms with van der Waals surface area (Å²) in [7, 11) is 0. The van der Waals surface area contributed by atoms with Crippen molar-refractivity contribution in [2.75, 3.05) is 6.54 Å². The molecule has 0 radical (unpaired) electrons. The fraction of sp³-hybridized carbons (Fsp3) is 0.875. The zero-order valence-corrected chi connectivity index (χ0v) is 7.88. The highest BCUT2D eigenvalue weighted by Gasteiger charge is 2.18. The van der Waals surface area contributed by atoms with E-state index in [1.165, 1.54) is 6.92 Å². The van der Waals surface area contributed by atoms with Crippen LogP contribution in [0.2, 0.25) is 0 Å². The minimum absolute atomic E-state index is 0.0777. The highest BCUT2D eigenvalue weighted by atomic mass is 16.5. The van der Waals surface area contributed by atoms with Gasteiger partial charge >= 0.3 is 5.97 Å². The molecule has 0 amide bonds. The zero-order chi connectivity index (χ0) is 9.56. The van der Waals surface area contributed by atoms with E-state index < -0.39 is 0 Å². The predicted molar refractivity (Wildman–Crippen MR) is 46.2 cm³/mol. The molecule has 0 saturated heterocycles. The number of hydrogen-bond donors (Lipinski definition) is 2. The van der Waals surface area contributed by atoms with Crippen LogP contribution in [0.4, 0.5) is 0 Å². The van der Waals surface area contributed by atoms with Crippen LogP contribution in [0.15, 0.2) is 0 Å². The normalized spacial score (nSPS) is 15.3. The summed E-state index contributed by atoms with van der Waals surface area (Å²) in [5.74, 6) is -0.243. The smallest absolute Gasteiger partial charge is 0.303 e. The van der Waals surface area contributed by atoms with Gasteiger partial charge in [0.2, 0.25) is 0 Å². The predicted octanol–water partition coefficient (Wildman–Crippen LogP) is -0.713. The first-order valence-corrected chi connectivity index (χ1v) is 4.28. The van der Waals surface area contributed by atoms with Gasteiger partial charge in [0.15, 0.2) is 6.10 Å². The Kier molecular flexibility index (Phi) is 5.66. The van der Waals surface area contributed by atoms with Crippen molar-refractivity contribution in [3.63, 3.8) is 0 Å². The van der Waals surface area contributed by atoms with E-state index in [-0.39, 0.29) is 18.1 Å². The van der Waals surface area contributed by atoms with Gasteiger partial charge in [0.25, 0.3) is 0 Å². The molecule has 4 heteroatoms. The van der Waals surface area contributed by atoms with Crippen LogP contribution in [0.5, 0.6) is 0 Å². The number of ether oxygens (including phenoxy) is 1. The molecule has 0 aromatic rings. The van der Waals surface area contributed by atoms with Crippen molar-refractivity contribution < 1.29 is 15.3 Å². The van der Waals surface area contributed by atoms with E-state index >= 15 is 0 Å². The van der Waals surface area contributed by atoms with E-state index in [2.05, 4.69) is 5.73 Å². The molecule has 0 aliphatic heterocycles. The lowest BCUT2D eigenvalue weighted by Gasteiger charge is -2.17. The second kappa shape index (κ2) is 5.97. The molecule has 0 aromatic carbocycles. The second-order valence-electron chi connectivity index (χ2n) is 3.06. The van der Waals surface area contributed by atoms with Crippen LogP contribution in [0.25, 0.3) is 0 Å². The number of rotatable bonds is 5. The van der Waals surface area contributed by atoms with Crippen molar-refractivity contribution in [3.8, 4) is 0 Å². The van der Waals surface area contributed by atoms with E-state index in [1.54, 1.807) is 0 Å². The third kappa shape index (κ3) is 5.09. The lowest BCUT2D eigenvalue weighted by atomic mass is 10.1. The highest BCUT2D eigenvalue weighted by molar-refractivity contribution is 5.66. The molecule has 0 aliphatic rings. The second-order valence-corrected chi connectivity index (χ2v) is 3.06. The Morgan fingerprint density at radius 1 is 1.67 bits per heavy atom. The van der Waals surface area contributed by atoms with Gasteiger partial charge in [-0.25, -0.2) is 0 Å². The lowest BCUT2D eigenvalue weighted by molar-refractivity contribution is -0.431. The maximum Gasteiger partial charge on any atom is 0.303 e. The Hall–Kier alpha value is -0.610. The number of nitrogens with two attached hydrogens (primary N) is 1. The fourth-order valence-electron chi connectivity index (χ4n) is 0.992. The van der Waals surface area contributed by atoms with E-state index in [0.717, 1.165) is 12.8 Å². The van der Waals surface area contributed by atoms with Crippen molar-refractivity contribution in [1.82, 2.24) is 0 Å². The maximum absolute atomic E-state index is 10.6. The van der Waals surface area contributed by atoms with E-state index in [4.69, 9.17) is 10.5 Å². The molecule has 12 heavy (non-hydrogen) atoms. The minimum atomic E-state index is -0.243. The molecule has 0 fully saturated rings. The van der Waals surface area contributed by atoms with Crippen LogP contribution in [0.3, 0.4) is 0 Å². The molecule has 0 heterocycles. The number of quaternary nitrogens is 1. The average Bonchev–Trinajstić information content (AvgIpc) is 1.96. The summed E-state index contributed by atoms with van der Waals surface area (Å²) in [6.45, 7) is 3.98. The number of carbonyl (C=O) groups is 1. The Balaban J connectivity index is 3.78. The molecule has 0 rings (SSSR count). The number of hydrogen-bond acceptors (Lipinski definition) is 3. The van der Waals surface area contributed by atoms with E-state index in [1.807, 2.05) is 6.92 Å². The minimum Gasteiger partial charge on any atom is -0.456 e. The average molecular weight is 175 g/mol. The summed E-state index contributed by atoms with van der Waals surface area (Å²) in [6, 6.07) is 0.125. The van der Waals surface area contributed by atoms with Crippen molar-refractivity contribution in [3.05, 3.63) is 0 Å². The van der Waals surface area contributed by atoms with E-state index in [9.17, 15) is 4.79 Å². The number of carbonyl (C=O) groups excluding carboxylic acids is 1. The van der Waals surface area contributed by atoms with Crippen LogP contribution in [0, 0.1) is 0 Å². The molecule has 2 atom stereocenters. The van der Waals surface area contributed by atoms with Crippen LogP contribution in [-0.2, 0) is 9.53 Å². The van der Waals surface area contributed by atoms with Gasteiger partial charge in [-0.1, -0.05) is 0 Å². The molecule has 0 saturated carbocycles. The van der Waals surface area contributed by atoms with E-state index in [0.29, 0.717) is 6.54 Å². The van der Waals surface area contributed by atoms with Crippen molar-refractivity contribution in [2.45, 2.75) is 38.8 Å². The zero-order valence-electron chi connectivity index (χ0n) is 7.88. The van der Waals surface area contributed by atoms with Crippen LogP contribution in [0.1, 0.15) is 26.7 Å². The fourth-order valence-corrected chi connectivity index (χ4v) is 0.992.